The SMILES string of the molecule is [N-]=[N+]=NC[C@@H](O)[C@H]1OC(=O)[C@@H](N=[N+]=[N-])[C@H]1O. The number of hydrogen-bond donors (Lipinski definition) is 2. The predicted octanol–water partition coefficient (Wildman–Crippen LogP) is -0.377. The van der Waals surface area contributed by atoms with E-state index in [4.69, 9.17) is 11.1 Å². The number of nitrogens with zero attached hydrogens (tertiary/aromatic N) is 6. The van der Waals surface area contributed by atoms with Crippen LogP contribution in [0, 0.1) is 0 Å². The van der Waals surface area contributed by atoms with Crippen LogP contribution in [0.3, 0.4) is 0 Å². The van der Waals surface area contributed by atoms with Crippen molar-refractivity contribution in [3.8, 4) is 0 Å². The van der Waals surface area contributed by atoms with Crippen molar-refractivity contribution in [1.29, 1.82) is 0 Å². The van der Waals surface area contributed by atoms with Crippen LogP contribution < -0.4 is 0 Å². The second kappa shape index (κ2) is 5.19. The molecule has 0 bridgehead atoms. The monoisotopic (exact) mass is 228 g/mol. The Labute approximate surface area is 88.7 Å². The van der Waals surface area contributed by atoms with E-state index in [1.54, 1.807) is 0 Å². The summed E-state index contributed by atoms with van der Waals surface area (Å²) >= 11 is 0. The maximum Gasteiger partial charge on any atom is 0.318 e. The maximum atomic E-state index is 11.1. The third-order valence-electron chi connectivity index (χ3n) is 2.04. The van der Waals surface area contributed by atoms with Crippen molar-refractivity contribution in [3.63, 3.8) is 0 Å². The Balaban J connectivity index is 2.74. The minimum absolute atomic E-state index is 0.353. The first-order valence-electron chi connectivity index (χ1n) is 4.23. The van der Waals surface area contributed by atoms with E-state index in [1.807, 2.05) is 0 Å². The lowest BCUT2D eigenvalue weighted by molar-refractivity contribution is -0.146. The molecule has 16 heavy (non-hydrogen) atoms. The van der Waals surface area contributed by atoms with Crippen LogP contribution in [0.5, 0.6) is 0 Å². The van der Waals surface area contributed by atoms with Gasteiger partial charge in [0.2, 0.25) is 0 Å². The Morgan fingerprint density at radius 3 is 2.75 bits per heavy atom. The number of carbonyl (C=O) groups is 1. The second-order valence-electron chi connectivity index (χ2n) is 3.02. The number of rotatable bonds is 4. The molecule has 0 amide bonds. The quantitative estimate of drug-likeness (QED) is 0.290. The molecular formula is C6H8N6O4. The summed E-state index contributed by atoms with van der Waals surface area (Å²) in [6, 6.07) is -1.38. The molecule has 0 aromatic rings. The first-order chi connectivity index (χ1) is 7.61. The topological polar surface area (TPSA) is 164 Å². The summed E-state index contributed by atoms with van der Waals surface area (Å²) < 4.78 is 4.61. The van der Waals surface area contributed by atoms with Crippen LogP contribution in [0.4, 0.5) is 0 Å². The predicted molar refractivity (Wildman–Crippen MR) is 48.8 cm³/mol. The molecule has 0 aromatic heterocycles. The zero-order valence-corrected chi connectivity index (χ0v) is 7.91. The van der Waals surface area contributed by atoms with Gasteiger partial charge in [0.25, 0.3) is 0 Å². The summed E-state index contributed by atoms with van der Waals surface area (Å²) in [6.07, 6.45) is -4.05. The zero-order chi connectivity index (χ0) is 12.1. The molecule has 4 atom stereocenters. The third-order valence-corrected chi connectivity index (χ3v) is 2.04. The Bertz CT molecular complexity index is 373. The smallest absolute Gasteiger partial charge is 0.318 e. The van der Waals surface area contributed by atoms with Crippen molar-refractivity contribution in [3.05, 3.63) is 20.9 Å². The first-order valence-corrected chi connectivity index (χ1v) is 4.23. The molecule has 1 heterocycles. The highest BCUT2D eigenvalue weighted by molar-refractivity contribution is 5.79. The summed E-state index contributed by atoms with van der Waals surface area (Å²) in [7, 11) is 0. The maximum absolute atomic E-state index is 11.1. The fourth-order valence-corrected chi connectivity index (χ4v) is 1.29. The van der Waals surface area contributed by atoms with Gasteiger partial charge in [-0.2, -0.15) is 0 Å². The summed E-state index contributed by atoms with van der Waals surface area (Å²) in [5.41, 5.74) is 16.2. The van der Waals surface area contributed by atoms with E-state index in [0.29, 0.717) is 0 Å². The van der Waals surface area contributed by atoms with Crippen LogP contribution in [0.1, 0.15) is 0 Å². The fraction of sp³-hybridized carbons (Fsp3) is 0.833. The molecule has 10 nitrogen and oxygen atoms in total. The van der Waals surface area contributed by atoms with E-state index >= 15 is 0 Å². The normalized spacial score (nSPS) is 29.9. The Hall–Kier alpha value is -1.99. The van der Waals surface area contributed by atoms with Crippen molar-refractivity contribution in [2.24, 2.45) is 10.2 Å². The molecule has 0 saturated carbocycles. The van der Waals surface area contributed by atoms with Gasteiger partial charge in [-0.15, -0.1) is 0 Å². The molecule has 1 saturated heterocycles. The molecule has 0 aromatic carbocycles. The van der Waals surface area contributed by atoms with E-state index in [9.17, 15) is 15.0 Å². The average molecular weight is 228 g/mol. The van der Waals surface area contributed by atoms with Gasteiger partial charge in [0, 0.05) is 9.82 Å². The van der Waals surface area contributed by atoms with Gasteiger partial charge in [-0.25, -0.2) is 0 Å². The highest BCUT2D eigenvalue weighted by atomic mass is 16.6. The molecule has 1 aliphatic rings. The Morgan fingerprint density at radius 1 is 1.50 bits per heavy atom. The summed E-state index contributed by atoms with van der Waals surface area (Å²) in [6.45, 7) is -0.353. The van der Waals surface area contributed by atoms with E-state index in [2.05, 4.69) is 24.8 Å². The van der Waals surface area contributed by atoms with Crippen LogP contribution in [-0.2, 0) is 9.53 Å². The van der Waals surface area contributed by atoms with Crippen LogP contribution in [0.2, 0.25) is 0 Å². The number of esters is 1. The van der Waals surface area contributed by atoms with Gasteiger partial charge in [0.05, 0.1) is 12.6 Å². The minimum Gasteiger partial charge on any atom is -0.456 e. The molecule has 86 valence electrons. The first kappa shape index (κ1) is 12.1. The molecule has 1 aliphatic heterocycles. The van der Waals surface area contributed by atoms with E-state index < -0.39 is 30.3 Å². The van der Waals surface area contributed by atoms with E-state index in [0.717, 1.165) is 0 Å². The summed E-state index contributed by atoms with van der Waals surface area (Å²) in [4.78, 5) is 15.9. The van der Waals surface area contributed by atoms with Crippen molar-refractivity contribution in [2.45, 2.75) is 24.4 Å². The summed E-state index contributed by atoms with van der Waals surface area (Å²) in [5.74, 6) is -0.921. The van der Waals surface area contributed by atoms with Crippen molar-refractivity contribution in [1.82, 2.24) is 0 Å². The van der Waals surface area contributed by atoms with Crippen molar-refractivity contribution < 1.29 is 19.7 Å². The van der Waals surface area contributed by atoms with Gasteiger partial charge in [-0.05, 0) is 11.1 Å². The molecular weight excluding hydrogens is 220 g/mol. The third kappa shape index (κ3) is 2.33. The van der Waals surface area contributed by atoms with Gasteiger partial charge in [0.1, 0.15) is 6.10 Å². The molecule has 0 spiro atoms. The largest absolute Gasteiger partial charge is 0.456 e. The van der Waals surface area contributed by atoms with E-state index in [1.165, 1.54) is 0 Å². The standard InChI is InChI=1S/C6H8N6O4/c7-11-9-1-2(13)5-4(14)3(10-12-8)6(15)16-5/h2-5,13-14H,1H2/t2-,3+,4-,5-/m1/s1. The van der Waals surface area contributed by atoms with Crippen LogP contribution in [0.15, 0.2) is 10.2 Å². The van der Waals surface area contributed by atoms with E-state index in [-0.39, 0.29) is 6.54 Å². The van der Waals surface area contributed by atoms with Crippen molar-refractivity contribution in [2.75, 3.05) is 6.54 Å². The summed E-state index contributed by atoms with van der Waals surface area (Å²) in [5, 5.41) is 25.0. The van der Waals surface area contributed by atoms with Gasteiger partial charge >= 0.3 is 5.97 Å². The minimum atomic E-state index is -1.45. The lowest BCUT2D eigenvalue weighted by Gasteiger charge is -2.18. The van der Waals surface area contributed by atoms with Crippen molar-refractivity contribution >= 4 is 5.97 Å². The lowest BCUT2D eigenvalue weighted by Crippen LogP contribution is -2.39. The zero-order valence-electron chi connectivity index (χ0n) is 7.91. The molecule has 0 unspecified atom stereocenters. The fourth-order valence-electron chi connectivity index (χ4n) is 1.29. The molecule has 10 heteroatoms. The Kier molecular flexibility index (Phi) is 3.92. The number of cyclic esters (lactones) is 1. The number of aliphatic hydroxyl groups excluding tert-OH is 2. The molecule has 1 fully saturated rings. The van der Waals surface area contributed by atoms with Gasteiger partial charge in [-0.3, -0.25) is 4.79 Å². The number of carbonyl (C=O) groups excluding carboxylic acids is 1. The molecule has 1 rings (SSSR count). The van der Waals surface area contributed by atoms with Crippen LogP contribution >= 0.6 is 0 Å². The number of azide groups is 2. The number of ether oxygens (including phenoxy) is 1. The highest BCUT2D eigenvalue weighted by Crippen LogP contribution is 2.21. The molecule has 2 N–H and O–H groups in total. The van der Waals surface area contributed by atoms with Crippen LogP contribution in [-0.4, -0.2) is 47.1 Å². The molecule has 0 aliphatic carbocycles. The van der Waals surface area contributed by atoms with Gasteiger partial charge in [0.15, 0.2) is 12.1 Å². The number of aliphatic hydroxyl groups is 2. The second-order valence-corrected chi connectivity index (χ2v) is 3.02. The van der Waals surface area contributed by atoms with Gasteiger partial charge in [-0.1, -0.05) is 10.2 Å². The average Bonchev–Trinajstić information content (AvgIpc) is 2.54. The van der Waals surface area contributed by atoms with Crippen LogP contribution in [0.25, 0.3) is 20.9 Å². The highest BCUT2D eigenvalue weighted by Gasteiger charge is 2.46. The Morgan fingerprint density at radius 2 is 2.19 bits per heavy atom. The lowest BCUT2D eigenvalue weighted by atomic mass is 10.1. The number of hydrogen-bond acceptors (Lipinski definition) is 6. The van der Waals surface area contributed by atoms with Gasteiger partial charge < -0.3 is 14.9 Å². The molecule has 0 radical (unpaired) electrons.